The fraction of sp³-hybridized carbons (Fsp3) is 0.571. The third-order valence-corrected chi connectivity index (χ3v) is 3.69. The van der Waals surface area contributed by atoms with Crippen molar-refractivity contribution in [1.82, 2.24) is 20.2 Å². The summed E-state index contributed by atoms with van der Waals surface area (Å²) in [5, 5.41) is 4.25. The van der Waals surface area contributed by atoms with Gasteiger partial charge >= 0.3 is 0 Å². The van der Waals surface area contributed by atoms with Crippen LogP contribution in [0.4, 0.5) is 0 Å². The maximum atomic E-state index is 5.74. The number of rotatable bonds is 6. The standard InChI is InChI=1S/C14H23N5O/c1-5-6-19-13(16-8-17-19)7-12(18-15)14-9(2)10(3)20-11(14)4/h8,12,18H,5-7,15H2,1-4H3. The average Bonchev–Trinajstić information content (AvgIpc) is 2.94. The lowest BCUT2D eigenvalue weighted by atomic mass is 9.99. The van der Waals surface area contributed by atoms with Gasteiger partial charge in [-0.3, -0.25) is 16.0 Å². The molecule has 0 bridgehead atoms. The Labute approximate surface area is 119 Å². The van der Waals surface area contributed by atoms with E-state index in [0.717, 1.165) is 41.4 Å². The molecule has 6 nitrogen and oxygen atoms in total. The molecule has 0 aromatic carbocycles. The zero-order chi connectivity index (χ0) is 14.7. The Morgan fingerprint density at radius 2 is 2.10 bits per heavy atom. The van der Waals surface area contributed by atoms with Crippen LogP contribution in [0.3, 0.4) is 0 Å². The summed E-state index contributed by atoms with van der Waals surface area (Å²) in [6.07, 6.45) is 3.32. The maximum absolute atomic E-state index is 5.74. The van der Waals surface area contributed by atoms with Gasteiger partial charge in [0.05, 0.1) is 6.04 Å². The molecule has 1 atom stereocenters. The molecule has 0 amide bonds. The zero-order valence-electron chi connectivity index (χ0n) is 12.6. The highest BCUT2D eigenvalue weighted by molar-refractivity contribution is 5.34. The van der Waals surface area contributed by atoms with Crippen LogP contribution >= 0.6 is 0 Å². The predicted molar refractivity (Wildman–Crippen MR) is 77.0 cm³/mol. The van der Waals surface area contributed by atoms with Crippen LogP contribution in [-0.2, 0) is 13.0 Å². The monoisotopic (exact) mass is 277 g/mol. The summed E-state index contributed by atoms with van der Waals surface area (Å²) in [6.45, 7) is 8.99. The van der Waals surface area contributed by atoms with Gasteiger partial charge in [0.1, 0.15) is 23.7 Å². The Balaban J connectivity index is 2.27. The van der Waals surface area contributed by atoms with Gasteiger partial charge in [0.2, 0.25) is 0 Å². The van der Waals surface area contributed by atoms with Gasteiger partial charge in [-0.1, -0.05) is 6.92 Å². The van der Waals surface area contributed by atoms with Gasteiger partial charge in [0.25, 0.3) is 0 Å². The van der Waals surface area contributed by atoms with Crippen LogP contribution in [0.15, 0.2) is 10.7 Å². The molecular weight excluding hydrogens is 254 g/mol. The first-order valence-electron chi connectivity index (χ1n) is 6.97. The molecule has 2 rings (SSSR count). The first kappa shape index (κ1) is 14.7. The quantitative estimate of drug-likeness (QED) is 0.623. The molecule has 110 valence electrons. The van der Waals surface area contributed by atoms with Crippen LogP contribution in [0.2, 0.25) is 0 Å². The number of hydrazine groups is 1. The van der Waals surface area contributed by atoms with Crippen molar-refractivity contribution in [3.63, 3.8) is 0 Å². The minimum atomic E-state index is -0.0211. The minimum Gasteiger partial charge on any atom is -0.466 e. The van der Waals surface area contributed by atoms with E-state index in [0.29, 0.717) is 6.42 Å². The SMILES string of the molecule is CCCn1ncnc1CC(NN)c1c(C)oc(C)c1C. The number of hydrogen-bond acceptors (Lipinski definition) is 5. The number of aromatic nitrogens is 3. The number of furan rings is 1. The van der Waals surface area contributed by atoms with Gasteiger partial charge in [-0.15, -0.1) is 0 Å². The molecule has 0 saturated carbocycles. The van der Waals surface area contributed by atoms with Crippen molar-refractivity contribution in [3.8, 4) is 0 Å². The molecule has 0 aliphatic carbocycles. The van der Waals surface area contributed by atoms with Crippen molar-refractivity contribution in [2.24, 2.45) is 5.84 Å². The van der Waals surface area contributed by atoms with E-state index in [1.807, 2.05) is 18.5 Å². The Bertz CT molecular complexity index is 572. The highest BCUT2D eigenvalue weighted by atomic mass is 16.3. The second-order valence-corrected chi connectivity index (χ2v) is 5.08. The Morgan fingerprint density at radius 1 is 1.35 bits per heavy atom. The molecule has 0 fully saturated rings. The number of aryl methyl sites for hydroxylation is 3. The number of nitrogens with zero attached hydrogens (tertiary/aromatic N) is 3. The van der Waals surface area contributed by atoms with Crippen LogP contribution in [0.1, 0.15) is 47.9 Å². The van der Waals surface area contributed by atoms with E-state index in [9.17, 15) is 0 Å². The maximum Gasteiger partial charge on any atom is 0.138 e. The van der Waals surface area contributed by atoms with Crippen molar-refractivity contribution in [1.29, 1.82) is 0 Å². The zero-order valence-corrected chi connectivity index (χ0v) is 12.6. The second-order valence-electron chi connectivity index (χ2n) is 5.08. The molecule has 0 aliphatic rings. The van der Waals surface area contributed by atoms with Crippen molar-refractivity contribution in [2.45, 2.75) is 53.1 Å². The van der Waals surface area contributed by atoms with E-state index in [2.05, 4.69) is 29.4 Å². The summed E-state index contributed by atoms with van der Waals surface area (Å²) >= 11 is 0. The number of hydrogen-bond donors (Lipinski definition) is 2. The molecular formula is C14H23N5O. The third kappa shape index (κ3) is 2.76. The van der Waals surface area contributed by atoms with Gasteiger partial charge in [-0.05, 0) is 32.8 Å². The fourth-order valence-electron chi connectivity index (χ4n) is 2.59. The molecule has 20 heavy (non-hydrogen) atoms. The lowest BCUT2D eigenvalue weighted by Gasteiger charge is -2.16. The Morgan fingerprint density at radius 3 is 2.65 bits per heavy atom. The third-order valence-electron chi connectivity index (χ3n) is 3.69. The molecule has 0 saturated heterocycles. The molecule has 0 spiro atoms. The predicted octanol–water partition coefficient (Wildman–Crippen LogP) is 1.95. The van der Waals surface area contributed by atoms with E-state index in [-0.39, 0.29) is 6.04 Å². The minimum absolute atomic E-state index is 0.0211. The lowest BCUT2D eigenvalue weighted by Crippen LogP contribution is -2.31. The average molecular weight is 277 g/mol. The fourth-order valence-corrected chi connectivity index (χ4v) is 2.59. The van der Waals surface area contributed by atoms with Crippen LogP contribution in [-0.4, -0.2) is 14.8 Å². The van der Waals surface area contributed by atoms with Gasteiger partial charge in [0, 0.05) is 18.5 Å². The first-order valence-corrected chi connectivity index (χ1v) is 6.97. The molecule has 2 heterocycles. The highest BCUT2D eigenvalue weighted by Gasteiger charge is 2.22. The first-order chi connectivity index (χ1) is 9.58. The van der Waals surface area contributed by atoms with Crippen LogP contribution in [0, 0.1) is 20.8 Å². The number of nitrogens with two attached hydrogens (primary N) is 1. The summed E-state index contributed by atoms with van der Waals surface area (Å²) in [7, 11) is 0. The summed E-state index contributed by atoms with van der Waals surface area (Å²) < 4.78 is 7.62. The van der Waals surface area contributed by atoms with Crippen molar-refractivity contribution in [2.75, 3.05) is 0 Å². The molecule has 0 radical (unpaired) electrons. The van der Waals surface area contributed by atoms with E-state index < -0.39 is 0 Å². The van der Waals surface area contributed by atoms with Crippen molar-refractivity contribution < 1.29 is 4.42 Å². The highest BCUT2D eigenvalue weighted by Crippen LogP contribution is 2.28. The smallest absolute Gasteiger partial charge is 0.138 e. The largest absolute Gasteiger partial charge is 0.466 e. The molecule has 1 unspecified atom stereocenters. The van der Waals surface area contributed by atoms with Crippen LogP contribution in [0.25, 0.3) is 0 Å². The summed E-state index contributed by atoms with van der Waals surface area (Å²) in [4.78, 5) is 4.34. The van der Waals surface area contributed by atoms with Crippen molar-refractivity contribution >= 4 is 0 Å². The molecule has 2 aromatic rings. The summed E-state index contributed by atoms with van der Waals surface area (Å²) in [5.74, 6) is 8.53. The second kappa shape index (κ2) is 6.19. The van der Waals surface area contributed by atoms with E-state index in [1.165, 1.54) is 0 Å². The van der Waals surface area contributed by atoms with E-state index >= 15 is 0 Å². The Kier molecular flexibility index (Phi) is 4.57. The van der Waals surface area contributed by atoms with Crippen molar-refractivity contribution in [3.05, 3.63) is 34.8 Å². The van der Waals surface area contributed by atoms with Gasteiger partial charge in [-0.2, -0.15) is 5.10 Å². The normalized spacial score (nSPS) is 12.8. The van der Waals surface area contributed by atoms with Crippen LogP contribution in [0.5, 0.6) is 0 Å². The number of nitrogens with one attached hydrogen (secondary N) is 1. The van der Waals surface area contributed by atoms with E-state index in [1.54, 1.807) is 6.33 Å². The van der Waals surface area contributed by atoms with Gasteiger partial charge in [0.15, 0.2) is 0 Å². The summed E-state index contributed by atoms with van der Waals surface area (Å²) in [6, 6.07) is -0.0211. The van der Waals surface area contributed by atoms with E-state index in [4.69, 9.17) is 10.3 Å². The molecule has 3 N–H and O–H groups in total. The van der Waals surface area contributed by atoms with Gasteiger partial charge < -0.3 is 4.42 Å². The topological polar surface area (TPSA) is 81.9 Å². The molecule has 6 heteroatoms. The van der Waals surface area contributed by atoms with Gasteiger partial charge in [-0.25, -0.2) is 4.98 Å². The Hall–Kier alpha value is -1.66. The van der Waals surface area contributed by atoms with Crippen LogP contribution < -0.4 is 11.3 Å². The summed E-state index contributed by atoms with van der Waals surface area (Å²) in [5.41, 5.74) is 5.15. The lowest BCUT2D eigenvalue weighted by molar-refractivity contribution is 0.471. The molecule has 0 aliphatic heterocycles. The molecule has 2 aromatic heterocycles.